The molecule has 0 aliphatic heterocycles. The molecule has 0 spiro atoms. The molecular weight excluding hydrogens is 241 g/mol. The van der Waals surface area contributed by atoms with Gasteiger partial charge >= 0.3 is 0 Å². The van der Waals surface area contributed by atoms with E-state index in [4.69, 9.17) is 4.74 Å². The Labute approximate surface area is 113 Å². The fourth-order valence-corrected chi connectivity index (χ4v) is 2.29. The Morgan fingerprint density at radius 3 is 2.58 bits per heavy atom. The highest BCUT2D eigenvalue weighted by Gasteiger charge is 2.15. The van der Waals surface area contributed by atoms with Crippen molar-refractivity contribution in [2.45, 2.75) is 13.0 Å². The molecule has 1 N–H and O–H groups in total. The van der Waals surface area contributed by atoms with E-state index in [1.165, 1.54) is 6.07 Å². The van der Waals surface area contributed by atoms with Crippen LogP contribution in [-0.4, -0.2) is 14.2 Å². The third kappa shape index (κ3) is 2.93. The lowest BCUT2D eigenvalue weighted by molar-refractivity contribution is 0.413. The van der Waals surface area contributed by atoms with Gasteiger partial charge in [0.25, 0.3) is 0 Å². The van der Waals surface area contributed by atoms with Crippen LogP contribution in [0.25, 0.3) is 0 Å². The Balaban J connectivity index is 2.43. The highest BCUT2D eigenvalue weighted by atomic mass is 19.1. The molecule has 0 aromatic heterocycles. The van der Waals surface area contributed by atoms with Gasteiger partial charge in [-0.15, -0.1) is 0 Å². The number of rotatable bonds is 4. The van der Waals surface area contributed by atoms with Gasteiger partial charge in [-0.3, -0.25) is 0 Å². The van der Waals surface area contributed by atoms with Crippen molar-refractivity contribution in [3.8, 4) is 5.75 Å². The lowest BCUT2D eigenvalue weighted by atomic mass is 9.95. The zero-order chi connectivity index (χ0) is 13.8. The molecule has 3 heteroatoms. The predicted octanol–water partition coefficient (Wildman–Crippen LogP) is 3.45. The minimum Gasteiger partial charge on any atom is -0.497 e. The topological polar surface area (TPSA) is 21.3 Å². The summed E-state index contributed by atoms with van der Waals surface area (Å²) in [6.45, 7) is 1.92. The van der Waals surface area contributed by atoms with Crippen molar-refractivity contribution in [1.29, 1.82) is 0 Å². The quantitative estimate of drug-likeness (QED) is 0.908. The average Bonchev–Trinajstić information content (AvgIpc) is 2.42. The van der Waals surface area contributed by atoms with Gasteiger partial charge in [0.05, 0.1) is 13.2 Å². The van der Waals surface area contributed by atoms with Gasteiger partial charge in [-0.2, -0.15) is 0 Å². The average molecular weight is 259 g/mol. The van der Waals surface area contributed by atoms with Gasteiger partial charge in [0.15, 0.2) is 0 Å². The molecule has 0 aliphatic rings. The van der Waals surface area contributed by atoms with Crippen molar-refractivity contribution >= 4 is 0 Å². The van der Waals surface area contributed by atoms with Crippen molar-refractivity contribution in [1.82, 2.24) is 5.32 Å². The zero-order valence-corrected chi connectivity index (χ0v) is 11.4. The van der Waals surface area contributed by atoms with Crippen molar-refractivity contribution in [2.75, 3.05) is 14.2 Å². The van der Waals surface area contributed by atoms with Crippen LogP contribution in [0.4, 0.5) is 4.39 Å². The number of ether oxygens (including phenoxy) is 1. The molecule has 2 nitrogen and oxygen atoms in total. The van der Waals surface area contributed by atoms with Gasteiger partial charge in [0, 0.05) is 0 Å². The Hall–Kier alpha value is -1.87. The summed E-state index contributed by atoms with van der Waals surface area (Å²) in [5, 5.41) is 3.27. The molecule has 100 valence electrons. The number of halogens is 1. The molecule has 2 rings (SSSR count). The van der Waals surface area contributed by atoms with Crippen LogP contribution in [-0.2, 0) is 0 Å². The maximum Gasteiger partial charge on any atom is 0.123 e. The van der Waals surface area contributed by atoms with Gasteiger partial charge < -0.3 is 10.1 Å². The number of aryl methyl sites for hydroxylation is 1. The van der Waals surface area contributed by atoms with Gasteiger partial charge in [-0.05, 0) is 54.9 Å². The lowest BCUT2D eigenvalue weighted by Crippen LogP contribution is -2.18. The molecule has 1 unspecified atom stereocenters. The van der Waals surface area contributed by atoms with Gasteiger partial charge in [-0.25, -0.2) is 4.39 Å². The first-order valence-electron chi connectivity index (χ1n) is 6.23. The summed E-state index contributed by atoms with van der Waals surface area (Å²) in [5.74, 6) is 0.610. The van der Waals surface area contributed by atoms with E-state index in [0.29, 0.717) is 0 Å². The van der Waals surface area contributed by atoms with Crippen LogP contribution in [0, 0.1) is 12.7 Å². The standard InChI is InChI=1S/C16H18FNO/c1-11-9-13(17)7-8-15(11)16(18-2)12-5-4-6-14(10-12)19-3/h4-10,16,18H,1-3H3. The Kier molecular flexibility index (Phi) is 4.17. The van der Waals surface area contributed by atoms with Crippen LogP contribution < -0.4 is 10.1 Å². The number of hydrogen-bond acceptors (Lipinski definition) is 2. The Bertz CT molecular complexity index is 568. The van der Waals surface area contributed by atoms with Crippen LogP contribution in [0.15, 0.2) is 42.5 Å². The molecule has 0 aliphatic carbocycles. The highest BCUT2D eigenvalue weighted by molar-refractivity contribution is 5.40. The SMILES string of the molecule is CNC(c1cccc(OC)c1)c1ccc(F)cc1C. The number of hydrogen-bond donors (Lipinski definition) is 1. The predicted molar refractivity (Wildman–Crippen MR) is 75.0 cm³/mol. The fourth-order valence-electron chi connectivity index (χ4n) is 2.29. The summed E-state index contributed by atoms with van der Waals surface area (Å²) in [4.78, 5) is 0. The first-order valence-corrected chi connectivity index (χ1v) is 6.23. The van der Waals surface area contributed by atoms with Gasteiger partial charge in [0.1, 0.15) is 11.6 Å². The maximum absolute atomic E-state index is 13.2. The van der Waals surface area contributed by atoms with E-state index in [1.807, 2.05) is 44.3 Å². The molecule has 0 radical (unpaired) electrons. The molecule has 0 saturated carbocycles. The second-order valence-electron chi connectivity index (χ2n) is 4.50. The van der Waals surface area contributed by atoms with E-state index in [0.717, 1.165) is 22.4 Å². The van der Waals surface area contributed by atoms with E-state index in [-0.39, 0.29) is 11.9 Å². The van der Waals surface area contributed by atoms with Crippen LogP contribution in [0.3, 0.4) is 0 Å². The van der Waals surface area contributed by atoms with E-state index in [2.05, 4.69) is 5.32 Å². The minimum atomic E-state index is -0.207. The van der Waals surface area contributed by atoms with E-state index < -0.39 is 0 Å². The Morgan fingerprint density at radius 1 is 1.16 bits per heavy atom. The third-order valence-corrected chi connectivity index (χ3v) is 3.26. The maximum atomic E-state index is 13.2. The molecule has 2 aromatic rings. The zero-order valence-electron chi connectivity index (χ0n) is 11.4. The highest BCUT2D eigenvalue weighted by Crippen LogP contribution is 2.27. The first kappa shape index (κ1) is 13.6. The normalized spacial score (nSPS) is 12.2. The van der Waals surface area contributed by atoms with E-state index in [1.54, 1.807) is 13.2 Å². The largest absolute Gasteiger partial charge is 0.497 e. The van der Waals surface area contributed by atoms with Crippen LogP contribution >= 0.6 is 0 Å². The summed E-state index contributed by atoms with van der Waals surface area (Å²) in [7, 11) is 3.55. The molecular formula is C16H18FNO. The molecule has 1 atom stereocenters. The smallest absolute Gasteiger partial charge is 0.123 e. The first-order chi connectivity index (χ1) is 9.15. The van der Waals surface area contributed by atoms with E-state index >= 15 is 0 Å². The lowest BCUT2D eigenvalue weighted by Gasteiger charge is -2.20. The van der Waals surface area contributed by atoms with Crippen molar-refractivity contribution in [3.63, 3.8) is 0 Å². The van der Waals surface area contributed by atoms with Crippen molar-refractivity contribution in [2.24, 2.45) is 0 Å². The third-order valence-electron chi connectivity index (χ3n) is 3.26. The van der Waals surface area contributed by atoms with Gasteiger partial charge in [0.2, 0.25) is 0 Å². The fraction of sp³-hybridized carbons (Fsp3) is 0.250. The number of benzene rings is 2. The molecule has 0 heterocycles. The molecule has 0 fully saturated rings. The van der Waals surface area contributed by atoms with Gasteiger partial charge in [-0.1, -0.05) is 18.2 Å². The second kappa shape index (κ2) is 5.85. The minimum absolute atomic E-state index is 0.0238. The summed E-state index contributed by atoms with van der Waals surface area (Å²) in [6.07, 6.45) is 0. The summed E-state index contributed by atoms with van der Waals surface area (Å²) < 4.78 is 18.4. The van der Waals surface area contributed by atoms with Crippen LogP contribution in [0.2, 0.25) is 0 Å². The molecule has 0 amide bonds. The summed E-state index contributed by atoms with van der Waals surface area (Å²) in [5.41, 5.74) is 3.09. The summed E-state index contributed by atoms with van der Waals surface area (Å²) >= 11 is 0. The molecule has 0 saturated heterocycles. The molecule has 19 heavy (non-hydrogen) atoms. The monoisotopic (exact) mass is 259 g/mol. The van der Waals surface area contributed by atoms with Crippen LogP contribution in [0.5, 0.6) is 5.75 Å². The molecule has 2 aromatic carbocycles. The molecule has 0 bridgehead atoms. The van der Waals surface area contributed by atoms with Crippen molar-refractivity contribution in [3.05, 3.63) is 65.0 Å². The summed E-state index contributed by atoms with van der Waals surface area (Å²) in [6, 6.07) is 12.8. The number of nitrogens with one attached hydrogen (secondary N) is 1. The Morgan fingerprint density at radius 2 is 1.95 bits per heavy atom. The van der Waals surface area contributed by atoms with Crippen LogP contribution in [0.1, 0.15) is 22.7 Å². The second-order valence-corrected chi connectivity index (χ2v) is 4.50. The van der Waals surface area contributed by atoms with E-state index in [9.17, 15) is 4.39 Å². The number of methoxy groups -OCH3 is 1. The van der Waals surface area contributed by atoms with Crippen molar-refractivity contribution < 1.29 is 9.13 Å².